The maximum atomic E-state index is 10.3. The number of hydroxylamine groups is 1. The van der Waals surface area contributed by atoms with Crippen LogP contribution in [0.4, 0.5) is 5.82 Å². The summed E-state index contributed by atoms with van der Waals surface area (Å²) in [6, 6.07) is 0.158. The highest BCUT2D eigenvalue weighted by Gasteiger charge is 2.23. The molecule has 3 rings (SSSR count). The van der Waals surface area contributed by atoms with Gasteiger partial charge in [-0.2, -0.15) is 0 Å². The minimum Gasteiger partial charge on any atom is -0.340 e. The Kier molecular flexibility index (Phi) is 2.64. The SMILES string of the molecule is ON(c1ncnc2nc[nH]c12)C1CCCCC1. The van der Waals surface area contributed by atoms with Gasteiger partial charge in [-0.25, -0.2) is 20.0 Å². The van der Waals surface area contributed by atoms with Gasteiger partial charge < -0.3 is 4.98 Å². The number of nitrogens with one attached hydrogen (secondary N) is 1. The van der Waals surface area contributed by atoms with Crippen LogP contribution in [0.5, 0.6) is 0 Å². The first-order valence-corrected chi connectivity index (χ1v) is 5.98. The summed E-state index contributed by atoms with van der Waals surface area (Å²) in [6.45, 7) is 0. The predicted octanol–water partition coefficient (Wildman–Crippen LogP) is 1.88. The summed E-state index contributed by atoms with van der Waals surface area (Å²) in [5.74, 6) is 0.527. The molecule has 0 amide bonds. The molecule has 2 aromatic rings. The first kappa shape index (κ1) is 10.5. The maximum absolute atomic E-state index is 10.3. The van der Waals surface area contributed by atoms with Crippen molar-refractivity contribution >= 4 is 17.0 Å². The Hall–Kier alpha value is -1.69. The quantitative estimate of drug-likeness (QED) is 0.774. The number of rotatable bonds is 2. The molecule has 0 unspecified atom stereocenters. The molecular formula is C11H15N5O. The lowest BCUT2D eigenvalue weighted by Crippen LogP contribution is -2.34. The first-order valence-electron chi connectivity index (χ1n) is 5.98. The van der Waals surface area contributed by atoms with E-state index >= 15 is 0 Å². The molecule has 17 heavy (non-hydrogen) atoms. The number of anilines is 1. The van der Waals surface area contributed by atoms with Crippen LogP contribution in [0, 0.1) is 0 Å². The van der Waals surface area contributed by atoms with Crippen LogP contribution in [-0.2, 0) is 0 Å². The van der Waals surface area contributed by atoms with E-state index in [9.17, 15) is 5.21 Å². The summed E-state index contributed by atoms with van der Waals surface area (Å²) in [5.41, 5.74) is 1.28. The molecule has 1 aliphatic rings. The summed E-state index contributed by atoms with van der Waals surface area (Å²) in [6.07, 6.45) is 8.61. The molecule has 1 fully saturated rings. The van der Waals surface area contributed by atoms with Crippen LogP contribution in [-0.4, -0.2) is 31.2 Å². The number of fused-ring (bicyclic) bond motifs is 1. The van der Waals surface area contributed by atoms with Crippen molar-refractivity contribution < 1.29 is 5.21 Å². The highest BCUT2D eigenvalue weighted by molar-refractivity contribution is 5.82. The van der Waals surface area contributed by atoms with Crippen molar-refractivity contribution in [3.05, 3.63) is 12.7 Å². The largest absolute Gasteiger partial charge is 0.340 e. The van der Waals surface area contributed by atoms with Gasteiger partial charge in [-0.1, -0.05) is 19.3 Å². The standard InChI is InChI=1S/C11H15N5O/c17-16(8-4-2-1-3-5-8)11-9-10(13-6-12-9)14-7-15-11/h6-8,17H,1-5H2,(H,12,13,14,15). The number of hydrogen-bond donors (Lipinski definition) is 2. The number of aromatic nitrogens is 4. The van der Waals surface area contributed by atoms with Crippen molar-refractivity contribution in [3.63, 3.8) is 0 Å². The maximum Gasteiger partial charge on any atom is 0.182 e. The minimum atomic E-state index is 0.158. The monoisotopic (exact) mass is 233 g/mol. The van der Waals surface area contributed by atoms with Crippen molar-refractivity contribution in [2.75, 3.05) is 5.06 Å². The molecule has 90 valence electrons. The van der Waals surface area contributed by atoms with Crippen molar-refractivity contribution in [2.45, 2.75) is 38.1 Å². The zero-order valence-corrected chi connectivity index (χ0v) is 9.50. The zero-order chi connectivity index (χ0) is 11.7. The topological polar surface area (TPSA) is 77.9 Å². The number of aromatic amines is 1. The van der Waals surface area contributed by atoms with Gasteiger partial charge in [-0.05, 0) is 12.8 Å². The van der Waals surface area contributed by atoms with Gasteiger partial charge >= 0.3 is 0 Å². The number of hydrogen-bond acceptors (Lipinski definition) is 5. The third-order valence-corrected chi connectivity index (χ3v) is 3.34. The van der Waals surface area contributed by atoms with Gasteiger partial charge in [0.15, 0.2) is 11.5 Å². The lowest BCUT2D eigenvalue weighted by atomic mass is 9.95. The smallest absolute Gasteiger partial charge is 0.182 e. The predicted molar refractivity (Wildman–Crippen MR) is 62.8 cm³/mol. The Balaban J connectivity index is 1.94. The molecule has 0 spiro atoms. The minimum absolute atomic E-state index is 0.158. The third kappa shape index (κ3) is 1.84. The van der Waals surface area contributed by atoms with Gasteiger partial charge in [-0.15, -0.1) is 0 Å². The van der Waals surface area contributed by atoms with E-state index in [1.807, 2.05) is 0 Å². The fourth-order valence-corrected chi connectivity index (χ4v) is 2.42. The highest BCUT2D eigenvalue weighted by atomic mass is 16.5. The second kappa shape index (κ2) is 4.29. The Morgan fingerprint density at radius 1 is 1.18 bits per heavy atom. The molecule has 6 heteroatoms. The first-order chi connectivity index (χ1) is 8.36. The zero-order valence-electron chi connectivity index (χ0n) is 9.50. The van der Waals surface area contributed by atoms with Crippen molar-refractivity contribution in [1.82, 2.24) is 19.9 Å². The summed E-state index contributed by atoms with van der Waals surface area (Å²) in [7, 11) is 0. The number of nitrogens with zero attached hydrogens (tertiary/aromatic N) is 4. The van der Waals surface area contributed by atoms with E-state index in [2.05, 4.69) is 19.9 Å². The van der Waals surface area contributed by atoms with E-state index < -0.39 is 0 Å². The third-order valence-electron chi connectivity index (χ3n) is 3.34. The van der Waals surface area contributed by atoms with Gasteiger partial charge in [0.2, 0.25) is 0 Å². The summed E-state index contributed by atoms with van der Waals surface area (Å²) < 4.78 is 0. The van der Waals surface area contributed by atoms with Crippen LogP contribution < -0.4 is 5.06 Å². The van der Waals surface area contributed by atoms with Crippen molar-refractivity contribution in [3.8, 4) is 0 Å². The Labute approximate surface area is 98.7 Å². The average Bonchev–Trinajstić information content (AvgIpc) is 2.87. The van der Waals surface area contributed by atoms with Crippen molar-refractivity contribution in [2.24, 2.45) is 0 Å². The van der Waals surface area contributed by atoms with E-state index in [1.54, 1.807) is 6.33 Å². The van der Waals surface area contributed by atoms with E-state index in [4.69, 9.17) is 0 Å². The molecule has 0 aliphatic heterocycles. The Morgan fingerprint density at radius 3 is 2.82 bits per heavy atom. The van der Waals surface area contributed by atoms with E-state index in [0.29, 0.717) is 17.0 Å². The molecule has 0 atom stereocenters. The van der Waals surface area contributed by atoms with Crippen LogP contribution in [0.1, 0.15) is 32.1 Å². The van der Waals surface area contributed by atoms with Crippen LogP contribution in [0.25, 0.3) is 11.2 Å². The number of H-pyrrole nitrogens is 1. The molecule has 0 aromatic carbocycles. The molecule has 2 N–H and O–H groups in total. The van der Waals surface area contributed by atoms with Crippen LogP contribution in [0.3, 0.4) is 0 Å². The van der Waals surface area contributed by atoms with E-state index in [1.165, 1.54) is 30.7 Å². The van der Waals surface area contributed by atoms with Gasteiger partial charge in [-0.3, -0.25) is 5.21 Å². The van der Waals surface area contributed by atoms with Crippen LogP contribution in [0.15, 0.2) is 12.7 Å². The lowest BCUT2D eigenvalue weighted by Gasteiger charge is -2.29. The Bertz CT molecular complexity index is 505. The van der Waals surface area contributed by atoms with Gasteiger partial charge in [0.05, 0.1) is 12.4 Å². The second-order valence-electron chi connectivity index (χ2n) is 4.43. The van der Waals surface area contributed by atoms with Crippen LogP contribution in [0.2, 0.25) is 0 Å². The average molecular weight is 233 g/mol. The van der Waals surface area contributed by atoms with Gasteiger partial charge in [0, 0.05) is 0 Å². The van der Waals surface area contributed by atoms with Crippen LogP contribution >= 0.6 is 0 Å². The molecule has 1 aliphatic carbocycles. The van der Waals surface area contributed by atoms with E-state index in [0.717, 1.165) is 12.8 Å². The molecule has 2 aromatic heterocycles. The molecular weight excluding hydrogens is 218 g/mol. The Morgan fingerprint density at radius 2 is 2.00 bits per heavy atom. The summed E-state index contributed by atoms with van der Waals surface area (Å²) in [4.78, 5) is 15.2. The number of imidazole rings is 1. The summed E-state index contributed by atoms with van der Waals surface area (Å²) >= 11 is 0. The summed E-state index contributed by atoms with van der Waals surface area (Å²) in [5, 5.41) is 11.5. The lowest BCUT2D eigenvalue weighted by molar-refractivity contribution is 0.188. The van der Waals surface area contributed by atoms with Crippen molar-refractivity contribution in [1.29, 1.82) is 0 Å². The molecule has 0 radical (unpaired) electrons. The molecule has 1 saturated carbocycles. The molecule has 0 saturated heterocycles. The second-order valence-corrected chi connectivity index (χ2v) is 4.43. The molecule has 0 bridgehead atoms. The fraction of sp³-hybridized carbons (Fsp3) is 0.545. The van der Waals surface area contributed by atoms with Gasteiger partial charge in [0.1, 0.15) is 11.8 Å². The van der Waals surface area contributed by atoms with E-state index in [-0.39, 0.29) is 6.04 Å². The normalized spacial score (nSPS) is 17.5. The molecule has 6 nitrogen and oxygen atoms in total. The molecule has 2 heterocycles. The fourth-order valence-electron chi connectivity index (χ4n) is 2.42. The highest BCUT2D eigenvalue weighted by Crippen LogP contribution is 2.27. The van der Waals surface area contributed by atoms with Gasteiger partial charge in [0.25, 0.3) is 0 Å².